The van der Waals surface area contributed by atoms with E-state index in [9.17, 15) is 18.4 Å². The summed E-state index contributed by atoms with van der Waals surface area (Å²) in [4.78, 5) is 17.9. The number of aromatic nitrogens is 6. The molecule has 0 amide bonds. The van der Waals surface area contributed by atoms with Gasteiger partial charge < -0.3 is 9.72 Å². The van der Waals surface area contributed by atoms with E-state index in [2.05, 4.69) is 36.0 Å². The van der Waals surface area contributed by atoms with Crippen molar-refractivity contribution in [2.75, 3.05) is 13.1 Å². The third-order valence-corrected chi connectivity index (χ3v) is 7.85. The SMILES string of the molecule is Cc1cc(OC2CCN([C@H]3C[C@@](CC#N)(n4cc(-c5ncnc6[nH]ccc56)cn4)C3)CC2)nc(C(F)(F)F)c1. The van der Waals surface area contributed by atoms with Gasteiger partial charge in [0, 0.05) is 48.5 Å². The molecular weight excluding hydrogens is 509 g/mol. The number of rotatable bonds is 6. The number of hydrogen-bond acceptors (Lipinski definition) is 7. The van der Waals surface area contributed by atoms with Crippen molar-refractivity contribution < 1.29 is 17.9 Å². The molecule has 1 N–H and O–H groups in total. The molecule has 2 fully saturated rings. The third-order valence-electron chi connectivity index (χ3n) is 7.85. The zero-order valence-corrected chi connectivity index (χ0v) is 21.3. The van der Waals surface area contributed by atoms with E-state index in [1.165, 1.54) is 6.33 Å². The normalized spacial score (nSPS) is 22.5. The number of nitrogens with one attached hydrogen (secondary N) is 1. The number of aryl methyl sites for hydroxylation is 1. The Morgan fingerprint density at radius 2 is 2.00 bits per heavy atom. The van der Waals surface area contributed by atoms with Gasteiger partial charge in [-0.2, -0.15) is 23.5 Å². The van der Waals surface area contributed by atoms with Crippen molar-refractivity contribution in [3.63, 3.8) is 0 Å². The van der Waals surface area contributed by atoms with Crippen LogP contribution in [-0.2, 0) is 11.7 Å². The van der Waals surface area contributed by atoms with Crippen LogP contribution in [-0.4, -0.2) is 59.9 Å². The molecule has 1 saturated carbocycles. The molecule has 1 aliphatic heterocycles. The predicted molar refractivity (Wildman–Crippen MR) is 136 cm³/mol. The Labute approximate surface area is 222 Å². The Morgan fingerprint density at radius 3 is 2.74 bits per heavy atom. The number of aromatic amines is 1. The van der Waals surface area contributed by atoms with Gasteiger partial charge in [0.05, 0.1) is 29.9 Å². The number of likely N-dealkylation sites (tertiary alicyclic amines) is 1. The fourth-order valence-corrected chi connectivity index (χ4v) is 5.81. The van der Waals surface area contributed by atoms with E-state index in [1.54, 1.807) is 19.2 Å². The molecule has 0 spiro atoms. The first-order valence-corrected chi connectivity index (χ1v) is 12.9. The smallest absolute Gasteiger partial charge is 0.433 e. The Bertz CT molecular complexity index is 1520. The second-order valence-electron chi connectivity index (χ2n) is 10.5. The number of pyridine rings is 1. The highest BCUT2D eigenvalue weighted by Gasteiger charge is 2.49. The van der Waals surface area contributed by atoms with Gasteiger partial charge in [-0.15, -0.1) is 0 Å². The lowest BCUT2D eigenvalue weighted by molar-refractivity contribution is -0.141. The molecule has 5 heterocycles. The van der Waals surface area contributed by atoms with E-state index in [1.807, 2.05) is 23.1 Å². The van der Waals surface area contributed by atoms with Crippen LogP contribution in [0.25, 0.3) is 22.3 Å². The van der Waals surface area contributed by atoms with Crippen molar-refractivity contribution in [3.05, 3.63) is 54.4 Å². The second kappa shape index (κ2) is 9.64. The van der Waals surface area contributed by atoms with Crippen molar-refractivity contribution in [2.45, 2.75) is 62.9 Å². The average molecular weight is 537 g/mol. The van der Waals surface area contributed by atoms with Crippen LogP contribution in [0.5, 0.6) is 5.88 Å². The van der Waals surface area contributed by atoms with Gasteiger partial charge in [-0.25, -0.2) is 15.0 Å². The number of nitriles is 1. The zero-order chi connectivity index (χ0) is 27.2. The highest BCUT2D eigenvalue weighted by atomic mass is 19.4. The van der Waals surface area contributed by atoms with Crippen LogP contribution in [0.15, 0.2) is 43.1 Å². The van der Waals surface area contributed by atoms with Gasteiger partial charge in [0.1, 0.15) is 23.8 Å². The summed E-state index contributed by atoms with van der Waals surface area (Å²) < 4.78 is 47.2. The number of piperidine rings is 1. The highest BCUT2D eigenvalue weighted by molar-refractivity contribution is 5.89. The largest absolute Gasteiger partial charge is 0.474 e. The van der Waals surface area contributed by atoms with E-state index in [4.69, 9.17) is 4.74 Å². The topological polar surface area (TPSA) is 109 Å². The summed E-state index contributed by atoms with van der Waals surface area (Å²) in [6.45, 7) is 3.15. The van der Waals surface area contributed by atoms with Gasteiger partial charge in [0.25, 0.3) is 0 Å². The molecule has 0 aromatic carbocycles. The van der Waals surface area contributed by atoms with Crippen LogP contribution in [0, 0.1) is 18.3 Å². The van der Waals surface area contributed by atoms with Gasteiger partial charge in [-0.05, 0) is 50.3 Å². The van der Waals surface area contributed by atoms with Crippen LogP contribution >= 0.6 is 0 Å². The molecule has 0 bridgehead atoms. The van der Waals surface area contributed by atoms with Gasteiger partial charge in [0.2, 0.25) is 5.88 Å². The minimum atomic E-state index is -4.51. The molecule has 0 atom stereocenters. The molecule has 0 unspecified atom stereocenters. The summed E-state index contributed by atoms with van der Waals surface area (Å²) in [6, 6.07) is 7.15. The number of alkyl halides is 3. The van der Waals surface area contributed by atoms with Crippen LogP contribution in [0.4, 0.5) is 13.2 Å². The molecule has 39 heavy (non-hydrogen) atoms. The van der Waals surface area contributed by atoms with E-state index < -0.39 is 11.9 Å². The first kappa shape index (κ1) is 25.3. The fraction of sp³-hybridized carbons (Fsp3) is 0.444. The Morgan fingerprint density at radius 1 is 1.21 bits per heavy atom. The number of hydrogen-bond donors (Lipinski definition) is 1. The molecule has 2 aliphatic rings. The molecule has 4 aromatic rings. The average Bonchev–Trinajstić information content (AvgIpc) is 3.56. The first-order valence-electron chi connectivity index (χ1n) is 12.9. The van der Waals surface area contributed by atoms with Crippen molar-refractivity contribution in [3.8, 4) is 23.2 Å². The fourth-order valence-electron chi connectivity index (χ4n) is 5.81. The van der Waals surface area contributed by atoms with Crippen molar-refractivity contribution in [1.29, 1.82) is 5.26 Å². The van der Waals surface area contributed by atoms with Gasteiger partial charge in [-0.1, -0.05) is 0 Å². The summed E-state index contributed by atoms with van der Waals surface area (Å²) >= 11 is 0. The van der Waals surface area contributed by atoms with Crippen LogP contribution in [0.2, 0.25) is 0 Å². The Balaban J connectivity index is 1.09. The molecule has 6 rings (SSSR count). The van der Waals surface area contributed by atoms with Crippen molar-refractivity contribution in [1.82, 2.24) is 34.6 Å². The van der Waals surface area contributed by atoms with Gasteiger partial charge in [-0.3, -0.25) is 9.58 Å². The third kappa shape index (κ3) is 4.83. The van der Waals surface area contributed by atoms with Crippen LogP contribution in [0.3, 0.4) is 0 Å². The summed E-state index contributed by atoms with van der Waals surface area (Å²) in [5.74, 6) is 0.0209. The van der Waals surface area contributed by atoms with E-state index >= 15 is 0 Å². The monoisotopic (exact) mass is 536 g/mol. The summed E-state index contributed by atoms with van der Waals surface area (Å²) in [7, 11) is 0. The molecule has 1 aliphatic carbocycles. The van der Waals surface area contributed by atoms with Gasteiger partial charge >= 0.3 is 6.18 Å². The van der Waals surface area contributed by atoms with E-state index in [-0.39, 0.29) is 17.5 Å². The maximum Gasteiger partial charge on any atom is 0.433 e. The lowest BCUT2D eigenvalue weighted by Crippen LogP contribution is -2.58. The summed E-state index contributed by atoms with van der Waals surface area (Å²) in [5.41, 5.74) is 1.58. The zero-order valence-electron chi connectivity index (χ0n) is 21.3. The first-order chi connectivity index (χ1) is 18.7. The maximum atomic E-state index is 13.1. The molecule has 9 nitrogen and oxygen atoms in total. The quantitative estimate of drug-likeness (QED) is 0.375. The molecular formula is C27H27F3N8O. The number of nitrogens with zero attached hydrogens (tertiary/aromatic N) is 7. The maximum absolute atomic E-state index is 13.1. The van der Waals surface area contributed by atoms with E-state index in [0.29, 0.717) is 30.9 Å². The number of ether oxygens (including phenoxy) is 1. The lowest BCUT2D eigenvalue weighted by Gasteiger charge is -2.52. The summed E-state index contributed by atoms with van der Waals surface area (Å²) in [5, 5.41) is 15.2. The Kier molecular flexibility index (Phi) is 6.26. The molecule has 202 valence electrons. The number of H-pyrrole nitrogens is 1. The van der Waals surface area contributed by atoms with Crippen LogP contribution in [0.1, 0.15) is 43.4 Å². The number of fused-ring (bicyclic) bond motifs is 1. The molecule has 4 aromatic heterocycles. The molecule has 12 heteroatoms. The highest BCUT2D eigenvalue weighted by Crippen LogP contribution is 2.45. The lowest BCUT2D eigenvalue weighted by atomic mass is 9.69. The minimum Gasteiger partial charge on any atom is -0.474 e. The summed E-state index contributed by atoms with van der Waals surface area (Å²) in [6.07, 6.45) is 5.75. The van der Waals surface area contributed by atoms with Crippen molar-refractivity contribution in [2.24, 2.45) is 0 Å². The predicted octanol–water partition coefficient (Wildman–Crippen LogP) is 4.86. The van der Waals surface area contributed by atoms with Crippen molar-refractivity contribution >= 4 is 11.0 Å². The molecule has 0 radical (unpaired) electrons. The minimum absolute atomic E-state index is 0.0209. The second-order valence-corrected chi connectivity index (χ2v) is 10.5. The van der Waals surface area contributed by atoms with Crippen LogP contribution < -0.4 is 4.74 Å². The Hall–Kier alpha value is -3.98. The van der Waals surface area contributed by atoms with E-state index in [0.717, 1.165) is 54.3 Å². The standard InChI is InChI=1S/C27H27F3N8O/c1-17-10-22(27(28,29)30)36-23(11-17)39-20-3-8-37(9-4-20)19-12-26(13-19,5-6-31)38-15-18(14-35-38)24-21-2-7-32-25(21)34-16-33-24/h2,7,10-11,14-16,19-20H,3-5,8-9,12-13H2,1H3,(H,32,33,34)/t19-,26+. The molecule has 1 saturated heterocycles. The van der Waals surface area contributed by atoms with Gasteiger partial charge in [0.15, 0.2) is 0 Å². The number of halogens is 3.